The summed E-state index contributed by atoms with van der Waals surface area (Å²) in [5.74, 6) is -0.670. The molecule has 2 aromatic rings. The third-order valence-electron chi connectivity index (χ3n) is 4.15. The quantitative estimate of drug-likeness (QED) is 0.669. The molecule has 0 fully saturated rings. The molecule has 0 saturated heterocycles. The molecule has 2 aromatic carbocycles. The van der Waals surface area contributed by atoms with Crippen molar-refractivity contribution in [1.29, 1.82) is 0 Å². The first-order valence-electron chi connectivity index (χ1n) is 7.79. The zero-order valence-electron chi connectivity index (χ0n) is 13.9. The largest absolute Gasteiger partial charge is 0.497 e. The number of rotatable bonds is 5. The lowest BCUT2D eigenvalue weighted by Gasteiger charge is -2.07. The lowest BCUT2D eigenvalue weighted by atomic mass is 9.99. The minimum absolute atomic E-state index is 0.0921. The Kier molecular flexibility index (Phi) is 4.52. The maximum absolute atomic E-state index is 12.3. The van der Waals surface area contributed by atoms with E-state index < -0.39 is 5.97 Å². The minimum Gasteiger partial charge on any atom is -0.497 e. The van der Waals surface area contributed by atoms with Crippen LogP contribution in [0.4, 0.5) is 5.69 Å². The van der Waals surface area contributed by atoms with Gasteiger partial charge >= 0.3 is 5.97 Å². The average molecular weight is 339 g/mol. The number of benzene rings is 2. The summed E-state index contributed by atoms with van der Waals surface area (Å²) in [5.41, 5.74) is 2.23. The normalized spacial score (nSPS) is 15.3. The van der Waals surface area contributed by atoms with Crippen LogP contribution in [0, 0.1) is 0 Å². The van der Waals surface area contributed by atoms with Gasteiger partial charge in [0.2, 0.25) is 5.91 Å². The van der Waals surface area contributed by atoms with Crippen LogP contribution in [-0.2, 0) is 9.53 Å². The number of ketones is 1. The van der Waals surface area contributed by atoms with Gasteiger partial charge in [0.15, 0.2) is 12.4 Å². The van der Waals surface area contributed by atoms with Crippen LogP contribution in [0.25, 0.3) is 0 Å². The van der Waals surface area contributed by atoms with E-state index in [1.165, 1.54) is 7.11 Å². The zero-order valence-corrected chi connectivity index (χ0v) is 13.9. The first-order chi connectivity index (χ1) is 12.0. The summed E-state index contributed by atoms with van der Waals surface area (Å²) >= 11 is 0. The van der Waals surface area contributed by atoms with Crippen LogP contribution in [0.3, 0.4) is 0 Å². The molecule has 0 saturated carbocycles. The van der Waals surface area contributed by atoms with E-state index in [9.17, 15) is 14.4 Å². The maximum atomic E-state index is 12.3. The molecule has 0 radical (unpaired) electrons. The van der Waals surface area contributed by atoms with Gasteiger partial charge < -0.3 is 14.8 Å². The van der Waals surface area contributed by atoms with E-state index in [-0.39, 0.29) is 24.2 Å². The molecule has 1 aliphatic heterocycles. The molecule has 1 heterocycles. The summed E-state index contributed by atoms with van der Waals surface area (Å²) in [6, 6.07) is 11.4. The van der Waals surface area contributed by atoms with Crippen molar-refractivity contribution in [2.45, 2.75) is 12.8 Å². The number of hydrogen-bond acceptors (Lipinski definition) is 5. The van der Waals surface area contributed by atoms with Gasteiger partial charge in [-0.25, -0.2) is 4.79 Å². The Hall–Kier alpha value is -3.15. The second-order valence-corrected chi connectivity index (χ2v) is 5.74. The maximum Gasteiger partial charge on any atom is 0.338 e. The van der Waals surface area contributed by atoms with Crippen LogP contribution >= 0.6 is 0 Å². The highest BCUT2D eigenvalue weighted by molar-refractivity contribution is 6.05. The first-order valence-corrected chi connectivity index (χ1v) is 7.79. The van der Waals surface area contributed by atoms with Crippen molar-refractivity contribution in [2.24, 2.45) is 0 Å². The molecular formula is C19H17NO5. The number of carbonyl (C=O) groups is 3. The first kappa shape index (κ1) is 16.7. The molecule has 0 aliphatic carbocycles. The van der Waals surface area contributed by atoms with Crippen LogP contribution in [0.5, 0.6) is 5.75 Å². The lowest BCUT2D eigenvalue weighted by molar-refractivity contribution is -0.116. The van der Waals surface area contributed by atoms with Crippen LogP contribution in [0.15, 0.2) is 42.5 Å². The van der Waals surface area contributed by atoms with E-state index >= 15 is 0 Å². The summed E-state index contributed by atoms with van der Waals surface area (Å²) in [7, 11) is 1.53. The number of anilines is 1. The predicted molar refractivity (Wildman–Crippen MR) is 91.1 cm³/mol. The van der Waals surface area contributed by atoms with Crippen LogP contribution in [-0.4, -0.2) is 31.4 Å². The fourth-order valence-corrected chi connectivity index (χ4v) is 2.62. The van der Waals surface area contributed by atoms with E-state index in [0.29, 0.717) is 22.6 Å². The van der Waals surface area contributed by atoms with Gasteiger partial charge in [-0.1, -0.05) is 0 Å². The highest BCUT2D eigenvalue weighted by Gasteiger charge is 2.27. The molecule has 3 rings (SSSR count). The fourth-order valence-electron chi connectivity index (χ4n) is 2.62. The summed E-state index contributed by atoms with van der Waals surface area (Å²) < 4.78 is 10.1. The molecule has 128 valence electrons. The van der Waals surface area contributed by atoms with Gasteiger partial charge in [-0.3, -0.25) is 9.59 Å². The third kappa shape index (κ3) is 3.38. The van der Waals surface area contributed by atoms with Crippen molar-refractivity contribution in [1.82, 2.24) is 0 Å². The molecule has 1 aliphatic rings. The van der Waals surface area contributed by atoms with Gasteiger partial charge in [0, 0.05) is 11.3 Å². The Bertz CT molecular complexity index is 841. The van der Waals surface area contributed by atoms with Gasteiger partial charge in [0.25, 0.3) is 0 Å². The number of esters is 1. The van der Waals surface area contributed by atoms with Crippen molar-refractivity contribution < 1.29 is 23.9 Å². The van der Waals surface area contributed by atoms with Gasteiger partial charge in [0.1, 0.15) is 5.75 Å². The Balaban J connectivity index is 1.65. The van der Waals surface area contributed by atoms with Crippen LogP contribution < -0.4 is 10.1 Å². The Morgan fingerprint density at radius 3 is 2.44 bits per heavy atom. The predicted octanol–water partition coefficient (Wildman–Crippen LogP) is 2.79. The van der Waals surface area contributed by atoms with Crippen LogP contribution in [0.2, 0.25) is 0 Å². The second kappa shape index (κ2) is 6.76. The van der Waals surface area contributed by atoms with Crippen molar-refractivity contribution >= 4 is 23.3 Å². The topological polar surface area (TPSA) is 81.7 Å². The summed E-state index contributed by atoms with van der Waals surface area (Å²) in [5, 5.41) is 2.75. The molecule has 0 aromatic heterocycles. The molecule has 0 bridgehead atoms. The van der Waals surface area contributed by atoms with Crippen molar-refractivity contribution in [2.75, 3.05) is 19.0 Å². The zero-order chi connectivity index (χ0) is 18.0. The second-order valence-electron chi connectivity index (χ2n) is 5.74. The summed E-state index contributed by atoms with van der Waals surface area (Å²) in [6.45, 7) is 1.42. The van der Waals surface area contributed by atoms with Crippen molar-refractivity contribution in [3.63, 3.8) is 0 Å². The third-order valence-corrected chi connectivity index (χ3v) is 4.15. The smallest absolute Gasteiger partial charge is 0.338 e. The van der Waals surface area contributed by atoms with Crippen molar-refractivity contribution in [3.05, 3.63) is 59.2 Å². The monoisotopic (exact) mass is 339 g/mol. The molecule has 1 atom stereocenters. The van der Waals surface area contributed by atoms with E-state index in [4.69, 9.17) is 9.47 Å². The molecule has 6 heteroatoms. The lowest BCUT2D eigenvalue weighted by Crippen LogP contribution is -2.14. The molecule has 0 unspecified atom stereocenters. The van der Waals surface area contributed by atoms with E-state index in [1.807, 2.05) is 0 Å². The van der Waals surface area contributed by atoms with Crippen molar-refractivity contribution in [3.8, 4) is 5.75 Å². The summed E-state index contributed by atoms with van der Waals surface area (Å²) in [4.78, 5) is 35.9. The standard InChI is InChI=1S/C19H17NO5/c1-11-15-9-13(5-8-16(15)20-18(11)22)17(21)10-25-19(23)12-3-6-14(24-2)7-4-12/h3-9,11H,10H2,1-2H3,(H,20,22)/t11-/m0/s1. The number of fused-ring (bicyclic) bond motifs is 1. The van der Waals surface area contributed by atoms with Crippen LogP contribution in [0.1, 0.15) is 39.1 Å². The van der Waals surface area contributed by atoms with Gasteiger partial charge in [-0.15, -0.1) is 0 Å². The van der Waals surface area contributed by atoms with E-state index in [1.54, 1.807) is 49.4 Å². The minimum atomic E-state index is -0.581. The van der Waals surface area contributed by atoms with Gasteiger partial charge in [-0.2, -0.15) is 0 Å². The molecule has 6 nitrogen and oxygen atoms in total. The van der Waals surface area contributed by atoms with E-state index in [0.717, 1.165) is 5.56 Å². The molecule has 1 N–H and O–H groups in total. The van der Waals surface area contributed by atoms with E-state index in [2.05, 4.69) is 5.32 Å². The number of methoxy groups -OCH3 is 1. The number of ether oxygens (including phenoxy) is 2. The highest BCUT2D eigenvalue weighted by Crippen LogP contribution is 2.32. The Labute approximate surface area is 144 Å². The van der Waals surface area contributed by atoms with Gasteiger partial charge in [0.05, 0.1) is 18.6 Å². The van der Waals surface area contributed by atoms with Gasteiger partial charge in [-0.05, 0) is 55.0 Å². The molecule has 25 heavy (non-hydrogen) atoms. The SMILES string of the molecule is COc1ccc(C(=O)OCC(=O)c2ccc3c(c2)[C@H](C)C(=O)N3)cc1. The molecular weight excluding hydrogens is 322 g/mol. The number of Topliss-reactive ketones (excluding diaryl/α,β-unsaturated/α-hetero) is 1. The number of carbonyl (C=O) groups excluding carboxylic acids is 3. The number of hydrogen-bond donors (Lipinski definition) is 1. The molecule has 1 amide bonds. The number of nitrogens with one attached hydrogen (secondary N) is 1. The highest BCUT2D eigenvalue weighted by atomic mass is 16.5. The molecule has 0 spiro atoms. The fraction of sp³-hybridized carbons (Fsp3) is 0.211. The average Bonchev–Trinajstić information content (AvgIpc) is 2.93. The Morgan fingerprint density at radius 1 is 1.08 bits per heavy atom. The Morgan fingerprint density at radius 2 is 1.76 bits per heavy atom. The summed E-state index contributed by atoms with van der Waals surface area (Å²) in [6.07, 6.45) is 0. The number of amides is 1.